The molecule has 0 bridgehead atoms. The lowest BCUT2D eigenvalue weighted by atomic mass is 10.1. The molecule has 104 valence electrons. The van der Waals surface area contributed by atoms with Crippen LogP contribution < -0.4 is 5.32 Å². The van der Waals surface area contributed by atoms with Crippen LogP contribution in [0.25, 0.3) is 5.65 Å². The normalized spacial score (nSPS) is 22.2. The molecule has 3 heterocycles. The smallest absolute Gasteiger partial charge is 0.365 e. The third kappa shape index (κ3) is 2.06. The lowest BCUT2D eigenvalue weighted by Gasteiger charge is -2.25. The summed E-state index contributed by atoms with van der Waals surface area (Å²) in [5.74, 6) is 0. The number of alkyl halides is 4. The molecule has 1 unspecified atom stereocenters. The summed E-state index contributed by atoms with van der Waals surface area (Å²) in [6, 6.07) is 2.31. The van der Waals surface area contributed by atoms with Crippen LogP contribution in [0.3, 0.4) is 0 Å². The quantitative estimate of drug-likeness (QED) is 0.646. The third-order valence-electron chi connectivity index (χ3n) is 3.03. The number of hydrogen-bond acceptors (Lipinski definition) is 2. The van der Waals surface area contributed by atoms with Crippen LogP contribution in [0, 0.1) is 0 Å². The Hall–Kier alpha value is -1.95. The van der Waals surface area contributed by atoms with Crippen molar-refractivity contribution < 1.29 is 13.2 Å². The summed E-state index contributed by atoms with van der Waals surface area (Å²) in [6.07, 6.45) is 4.78. The van der Waals surface area contributed by atoms with E-state index in [9.17, 15) is 13.2 Å². The van der Waals surface area contributed by atoms with E-state index in [0.29, 0.717) is 11.3 Å². The van der Waals surface area contributed by atoms with Crippen molar-refractivity contribution in [2.75, 3.05) is 0 Å². The van der Waals surface area contributed by atoms with Crippen LogP contribution in [0.1, 0.15) is 11.3 Å². The van der Waals surface area contributed by atoms with Gasteiger partial charge in [0.25, 0.3) is 0 Å². The van der Waals surface area contributed by atoms with Crippen LogP contribution in [0.2, 0.25) is 0 Å². The zero-order chi connectivity index (χ0) is 14.4. The highest BCUT2D eigenvalue weighted by atomic mass is 35.5. The molecule has 3 rings (SSSR count). The number of dihydropyridines is 1. The summed E-state index contributed by atoms with van der Waals surface area (Å²) in [4.78, 5) is 2.96. The van der Waals surface area contributed by atoms with Gasteiger partial charge in [-0.15, -0.1) is 0 Å². The van der Waals surface area contributed by atoms with Crippen LogP contribution >= 0.6 is 11.6 Å². The Morgan fingerprint density at radius 3 is 2.70 bits per heavy atom. The zero-order valence-electron chi connectivity index (χ0n) is 10.0. The van der Waals surface area contributed by atoms with Crippen molar-refractivity contribution >= 4 is 17.2 Å². The van der Waals surface area contributed by atoms with Crippen molar-refractivity contribution in [1.29, 1.82) is 0 Å². The molecule has 2 aromatic rings. The predicted molar refractivity (Wildman–Crippen MR) is 69.1 cm³/mol. The van der Waals surface area contributed by atoms with Gasteiger partial charge in [-0.25, -0.2) is 4.98 Å². The summed E-state index contributed by atoms with van der Waals surface area (Å²) in [6.45, 7) is 0. The SMILES string of the molecule is FC(F)(F)c1ccc2ncc(C3(Cl)C=CC=CN3)n2c1. The first-order chi connectivity index (χ1) is 9.40. The number of halogens is 4. The number of rotatable bonds is 1. The Morgan fingerprint density at radius 2 is 2.05 bits per heavy atom. The van der Waals surface area contributed by atoms with Crippen molar-refractivity contribution in [1.82, 2.24) is 14.7 Å². The van der Waals surface area contributed by atoms with Crippen molar-refractivity contribution in [2.45, 2.75) is 11.2 Å². The van der Waals surface area contributed by atoms with Crippen molar-refractivity contribution in [3.05, 3.63) is 60.2 Å². The maximum atomic E-state index is 12.8. The van der Waals surface area contributed by atoms with Gasteiger partial charge in [-0.2, -0.15) is 13.2 Å². The Kier molecular flexibility index (Phi) is 2.79. The summed E-state index contributed by atoms with van der Waals surface area (Å²) < 4.78 is 39.7. The average molecular weight is 300 g/mol. The van der Waals surface area contributed by atoms with Crippen molar-refractivity contribution in [3.8, 4) is 0 Å². The van der Waals surface area contributed by atoms with Gasteiger partial charge in [-0.05, 0) is 30.5 Å². The molecule has 1 N–H and O–H groups in total. The molecule has 3 nitrogen and oxygen atoms in total. The van der Waals surface area contributed by atoms with Gasteiger partial charge < -0.3 is 5.32 Å². The topological polar surface area (TPSA) is 29.3 Å². The molecule has 0 aromatic carbocycles. The van der Waals surface area contributed by atoms with Crippen LogP contribution in [-0.2, 0) is 11.2 Å². The number of imidazole rings is 1. The Morgan fingerprint density at radius 1 is 1.25 bits per heavy atom. The second-order valence-corrected chi connectivity index (χ2v) is 4.96. The lowest BCUT2D eigenvalue weighted by molar-refractivity contribution is -0.137. The number of allylic oxidation sites excluding steroid dienone is 2. The van der Waals surface area contributed by atoms with Crippen LogP contribution in [0.4, 0.5) is 13.2 Å². The molecule has 20 heavy (non-hydrogen) atoms. The second kappa shape index (κ2) is 4.28. The van der Waals surface area contributed by atoms with E-state index in [2.05, 4.69) is 10.3 Å². The van der Waals surface area contributed by atoms with Crippen LogP contribution in [-0.4, -0.2) is 9.38 Å². The number of pyridine rings is 1. The van der Waals surface area contributed by atoms with E-state index >= 15 is 0 Å². The van der Waals surface area contributed by atoms with E-state index < -0.39 is 16.7 Å². The molecule has 0 saturated heterocycles. The number of aromatic nitrogens is 2. The standard InChI is InChI=1S/C13H9ClF3N3/c14-12(5-1-2-6-19-12)10-7-18-11-4-3-9(8-20(10)11)13(15,16)17/h1-8,19H. The summed E-state index contributed by atoms with van der Waals surface area (Å²) in [5.41, 5.74) is 0.0680. The van der Waals surface area contributed by atoms with Gasteiger partial charge >= 0.3 is 6.18 Å². The van der Waals surface area contributed by atoms with Gasteiger partial charge in [-0.1, -0.05) is 17.7 Å². The van der Waals surface area contributed by atoms with E-state index in [1.807, 2.05) is 0 Å². The number of hydrogen-bond donors (Lipinski definition) is 1. The average Bonchev–Trinajstić information content (AvgIpc) is 2.82. The highest BCUT2D eigenvalue weighted by molar-refractivity contribution is 6.25. The zero-order valence-corrected chi connectivity index (χ0v) is 10.8. The minimum atomic E-state index is -4.41. The number of fused-ring (bicyclic) bond motifs is 1. The van der Waals surface area contributed by atoms with Crippen molar-refractivity contribution in [3.63, 3.8) is 0 Å². The van der Waals surface area contributed by atoms with E-state index in [1.54, 1.807) is 24.4 Å². The fourth-order valence-electron chi connectivity index (χ4n) is 2.04. The molecule has 1 aliphatic heterocycles. The van der Waals surface area contributed by atoms with Crippen molar-refractivity contribution in [2.24, 2.45) is 0 Å². The molecular weight excluding hydrogens is 291 g/mol. The minimum Gasteiger partial charge on any atom is -0.365 e. The highest BCUT2D eigenvalue weighted by Crippen LogP contribution is 2.33. The minimum absolute atomic E-state index is 0.401. The monoisotopic (exact) mass is 299 g/mol. The first-order valence-electron chi connectivity index (χ1n) is 5.76. The molecule has 0 fully saturated rings. The largest absolute Gasteiger partial charge is 0.417 e. The molecule has 0 spiro atoms. The highest BCUT2D eigenvalue weighted by Gasteiger charge is 2.33. The van der Waals surface area contributed by atoms with Gasteiger partial charge in [0.2, 0.25) is 0 Å². The van der Waals surface area contributed by atoms with Crippen LogP contribution in [0.5, 0.6) is 0 Å². The molecule has 0 radical (unpaired) electrons. The first kappa shape index (κ1) is 13.1. The Labute approximate surface area is 117 Å². The Balaban J connectivity index is 2.17. The van der Waals surface area contributed by atoms with Crippen LogP contribution in [0.15, 0.2) is 49.0 Å². The lowest BCUT2D eigenvalue weighted by Crippen LogP contribution is -2.33. The molecule has 0 amide bonds. The summed E-state index contributed by atoms with van der Waals surface area (Å²) in [5, 5.41) is 2.90. The van der Waals surface area contributed by atoms with E-state index in [0.717, 1.165) is 12.3 Å². The predicted octanol–water partition coefficient (Wildman–Crippen LogP) is 3.42. The molecule has 7 heteroatoms. The van der Waals surface area contributed by atoms with Gasteiger partial charge in [0.1, 0.15) is 5.65 Å². The third-order valence-corrected chi connectivity index (χ3v) is 3.46. The second-order valence-electron chi connectivity index (χ2n) is 4.36. The molecule has 0 saturated carbocycles. The van der Waals surface area contributed by atoms with Gasteiger partial charge in [-0.3, -0.25) is 4.40 Å². The Bertz CT molecular complexity index is 717. The molecule has 0 aliphatic carbocycles. The summed E-state index contributed by atoms with van der Waals surface area (Å²) in [7, 11) is 0. The van der Waals surface area contributed by atoms with E-state index in [1.165, 1.54) is 16.7 Å². The maximum absolute atomic E-state index is 12.8. The molecule has 1 atom stereocenters. The number of nitrogens with one attached hydrogen (secondary N) is 1. The number of nitrogens with zero attached hydrogens (tertiary/aromatic N) is 2. The van der Waals surface area contributed by atoms with Gasteiger partial charge in [0, 0.05) is 6.20 Å². The van der Waals surface area contributed by atoms with Gasteiger partial charge in [0.15, 0.2) is 5.00 Å². The maximum Gasteiger partial charge on any atom is 0.417 e. The van der Waals surface area contributed by atoms with E-state index in [-0.39, 0.29) is 0 Å². The first-order valence-corrected chi connectivity index (χ1v) is 6.14. The molecular formula is C13H9ClF3N3. The fourth-order valence-corrected chi connectivity index (χ4v) is 2.31. The molecule has 1 aliphatic rings. The van der Waals surface area contributed by atoms with E-state index in [4.69, 9.17) is 11.6 Å². The summed E-state index contributed by atoms with van der Waals surface area (Å²) >= 11 is 6.40. The van der Waals surface area contributed by atoms with Gasteiger partial charge in [0.05, 0.1) is 17.5 Å². The fraction of sp³-hybridized carbons (Fsp3) is 0.154. The molecule has 2 aromatic heterocycles.